The average molecular weight is 403 g/mol. The Morgan fingerprint density at radius 2 is 1.85 bits per heavy atom. The first-order valence-electron chi connectivity index (χ1n) is 8.07. The van der Waals surface area contributed by atoms with Gasteiger partial charge < -0.3 is 5.32 Å². The second-order valence-corrected chi connectivity index (χ2v) is 9.17. The van der Waals surface area contributed by atoms with Gasteiger partial charge in [0.2, 0.25) is 33.6 Å². The number of hydrogen-bond donors (Lipinski definition) is 2. The minimum Gasteiger partial charge on any atom is -0.323 e. The van der Waals surface area contributed by atoms with Crippen LogP contribution in [0.15, 0.2) is 0 Å². The molecule has 1 radical (unpaired) electrons. The standard InChI is InChI=1S/C15H25ClN5O4Si/c1-15(2,3)7-6-8-24-21(25-26(4)5)13-11(17-9-22)12(16)19-14(20-13)18-10-23/h9-10H,6-8H2,1-5H3,(H,17,22)(H,18,19,20,23). The summed E-state index contributed by atoms with van der Waals surface area (Å²) < 4.78 is 5.74. The van der Waals surface area contributed by atoms with Crippen LogP contribution in [0.2, 0.25) is 18.2 Å². The number of anilines is 3. The maximum Gasteiger partial charge on any atom is 0.248 e. The molecule has 145 valence electrons. The van der Waals surface area contributed by atoms with Crippen LogP contribution in [0, 0.1) is 5.41 Å². The molecule has 0 aliphatic carbocycles. The van der Waals surface area contributed by atoms with E-state index in [0.717, 1.165) is 18.1 Å². The number of carbonyl (C=O) groups is 2. The van der Waals surface area contributed by atoms with Gasteiger partial charge in [-0.25, -0.2) is 4.84 Å². The van der Waals surface area contributed by atoms with Crippen molar-refractivity contribution in [3.63, 3.8) is 0 Å². The van der Waals surface area contributed by atoms with E-state index in [1.165, 1.54) is 0 Å². The van der Waals surface area contributed by atoms with E-state index < -0.39 is 9.04 Å². The van der Waals surface area contributed by atoms with Crippen molar-refractivity contribution in [2.45, 2.75) is 46.7 Å². The van der Waals surface area contributed by atoms with E-state index in [9.17, 15) is 9.59 Å². The summed E-state index contributed by atoms with van der Waals surface area (Å²) in [6.07, 6.45) is 2.63. The van der Waals surface area contributed by atoms with E-state index in [0.29, 0.717) is 19.4 Å². The molecule has 9 nitrogen and oxygen atoms in total. The largest absolute Gasteiger partial charge is 0.323 e. The number of carbonyl (C=O) groups excluding carboxylic acids is 2. The van der Waals surface area contributed by atoms with E-state index in [-0.39, 0.29) is 28.0 Å². The summed E-state index contributed by atoms with van der Waals surface area (Å²) in [5, 5.41) is 5.83. The molecule has 0 aliphatic heterocycles. The normalized spacial score (nSPS) is 11.3. The highest BCUT2D eigenvalue weighted by Gasteiger charge is 2.22. The molecule has 0 bridgehead atoms. The van der Waals surface area contributed by atoms with Crippen LogP contribution in [-0.4, -0.2) is 38.4 Å². The van der Waals surface area contributed by atoms with Crippen LogP contribution in [0.25, 0.3) is 0 Å². The lowest BCUT2D eigenvalue weighted by Crippen LogP contribution is -2.32. The quantitative estimate of drug-likeness (QED) is 0.192. The molecule has 1 heterocycles. The Morgan fingerprint density at radius 3 is 2.38 bits per heavy atom. The zero-order valence-electron chi connectivity index (χ0n) is 15.6. The monoisotopic (exact) mass is 402 g/mol. The number of amides is 2. The summed E-state index contributed by atoms with van der Waals surface area (Å²) in [5.41, 5.74) is 0.306. The van der Waals surface area contributed by atoms with Gasteiger partial charge in [-0.05, 0) is 31.4 Å². The Labute approximate surface area is 160 Å². The topological polar surface area (TPSA) is 106 Å². The molecule has 1 rings (SSSR count). The molecule has 0 saturated heterocycles. The summed E-state index contributed by atoms with van der Waals surface area (Å²) in [5.74, 6) is 0.0627. The Bertz CT molecular complexity index is 612. The van der Waals surface area contributed by atoms with Crippen LogP contribution in [0.5, 0.6) is 0 Å². The predicted molar refractivity (Wildman–Crippen MR) is 102 cm³/mol. The first kappa shape index (κ1) is 22.3. The van der Waals surface area contributed by atoms with Crippen LogP contribution in [0.1, 0.15) is 33.6 Å². The van der Waals surface area contributed by atoms with Crippen molar-refractivity contribution in [3.8, 4) is 0 Å². The molecular weight excluding hydrogens is 378 g/mol. The Morgan fingerprint density at radius 1 is 1.19 bits per heavy atom. The van der Waals surface area contributed by atoms with E-state index in [1.54, 1.807) is 0 Å². The predicted octanol–water partition coefficient (Wildman–Crippen LogP) is 3.01. The highest BCUT2D eigenvalue weighted by molar-refractivity contribution is 6.48. The van der Waals surface area contributed by atoms with Crippen molar-refractivity contribution >= 4 is 50.9 Å². The fourth-order valence-electron chi connectivity index (χ4n) is 1.90. The Kier molecular flexibility index (Phi) is 8.92. The third-order valence-electron chi connectivity index (χ3n) is 2.96. The molecule has 1 aromatic rings. The smallest absolute Gasteiger partial charge is 0.248 e. The van der Waals surface area contributed by atoms with Gasteiger partial charge in [-0.3, -0.25) is 19.4 Å². The van der Waals surface area contributed by atoms with Crippen molar-refractivity contribution in [2.24, 2.45) is 5.41 Å². The maximum absolute atomic E-state index is 10.9. The van der Waals surface area contributed by atoms with Crippen LogP contribution < -0.4 is 15.9 Å². The van der Waals surface area contributed by atoms with Crippen molar-refractivity contribution in [2.75, 3.05) is 22.5 Å². The van der Waals surface area contributed by atoms with E-state index in [1.807, 2.05) is 13.1 Å². The molecule has 0 aromatic carbocycles. The van der Waals surface area contributed by atoms with E-state index in [2.05, 4.69) is 41.4 Å². The fraction of sp³-hybridized carbons (Fsp3) is 0.600. The molecule has 0 spiro atoms. The first-order valence-corrected chi connectivity index (χ1v) is 10.9. The number of rotatable bonds is 11. The summed E-state index contributed by atoms with van der Waals surface area (Å²) in [6, 6.07) is 0. The van der Waals surface area contributed by atoms with Gasteiger partial charge in [0.1, 0.15) is 5.69 Å². The second-order valence-electron chi connectivity index (χ2n) is 6.82. The molecule has 0 fully saturated rings. The van der Waals surface area contributed by atoms with Crippen molar-refractivity contribution < 1.29 is 19.0 Å². The summed E-state index contributed by atoms with van der Waals surface area (Å²) in [4.78, 5) is 35.4. The average Bonchev–Trinajstić information content (AvgIpc) is 2.52. The Hall–Kier alpha value is -1.75. The van der Waals surface area contributed by atoms with Crippen molar-refractivity contribution in [1.82, 2.24) is 9.97 Å². The van der Waals surface area contributed by atoms with Crippen LogP contribution in [0.3, 0.4) is 0 Å². The van der Waals surface area contributed by atoms with Crippen LogP contribution in [0.4, 0.5) is 17.5 Å². The lowest BCUT2D eigenvalue weighted by Gasteiger charge is -2.26. The van der Waals surface area contributed by atoms with Crippen molar-refractivity contribution in [3.05, 3.63) is 5.15 Å². The third-order valence-corrected chi connectivity index (χ3v) is 3.76. The van der Waals surface area contributed by atoms with Gasteiger partial charge in [0.15, 0.2) is 5.15 Å². The summed E-state index contributed by atoms with van der Waals surface area (Å²) in [7, 11) is -1.22. The van der Waals surface area contributed by atoms with Gasteiger partial charge in [-0.1, -0.05) is 32.4 Å². The van der Waals surface area contributed by atoms with Gasteiger partial charge in [0.05, 0.1) is 6.61 Å². The molecule has 0 saturated carbocycles. The number of hydrogen-bond acceptors (Lipinski definition) is 7. The minimum atomic E-state index is -1.22. The van der Waals surface area contributed by atoms with E-state index in [4.69, 9.17) is 21.0 Å². The summed E-state index contributed by atoms with van der Waals surface area (Å²) in [6.45, 7) is 10.6. The zero-order chi connectivity index (χ0) is 19.7. The molecule has 2 amide bonds. The van der Waals surface area contributed by atoms with Gasteiger partial charge in [-0.15, -0.1) is 5.23 Å². The Balaban J connectivity index is 3.09. The second kappa shape index (κ2) is 10.4. The molecule has 0 unspecified atom stereocenters. The van der Waals surface area contributed by atoms with Crippen LogP contribution in [-0.2, 0) is 19.0 Å². The third kappa shape index (κ3) is 7.64. The first-order chi connectivity index (χ1) is 12.2. The number of nitrogens with one attached hydrogen (secondary N) is 2. The maximum atomic E-state index is 10.9. The fourth-order valence-corrected chi connectivity index (χ4v) is 2.59. The van der Waals surface area contributed by atoms with Crippen molar-refractivity contribution in [1.29, 1.82) is 0 Å². The molecule has 0 aliphatic rings. The molecule has 2 N–H and O–H groups in total. The number of nitrogens with zero attached hydrogens (tertiary/aromatic N) is 3. The molecule has 11 heteroatoms. The highest BCUT2D eigenvalue weighted by atomic mass is 35.5. The molecule has 26 heavy (non-hydrogen) atoms. The lowest BCUT2D eigenvalue weighted by atomic mass is 9.91. The van der Waals surface area contributed by atoms with Gasteiger partial charge >= 0.3 is 0 Å². The molecule has 0 atom stereocenters. The highest BCUT2D eigenvalue weighted by Crippen LogP contribution is 2.32. The lowest BCUT2D eigenvalue weighted by molar-refractivity contribution is -0.106. The molecule has 1 aromatic heterocycles. The minimum absolute atomic E-state index is 0.0377. The number of aromatic nitrogens is 2. The molecular formula is C15H25ClN5O4Si. The van der Waals surface area contributed by atoms with Gasteiger partial charge in [0.25, 0.3) is 0 Å². The SMILES string of the molecule is C[Si](C)ON(OCCCC(C)(C)C)c1nc(NC=O)nc(Cl)c1NC=O. The number of halogens is 1. The van der Waals surface area contributed by atoms with E-state index >= 15 is 0 Å². The summed E-state index contributed by atoms with van der Waals surface area (Å²) >= 11 is 6.09. The zero-order valence-corrected chi connectivity index (χ0v) is 17.4. The van der Waals surface area contributed by atoms with Gasteiger partial charge in [0, 0.05) is 0 Å². The van der Waals surface area contributed by atoms with Gasteiger partial charge in [-0.2, -0.15) is 9.97 Å². The van der Waals surface area contributed by atoms with Crippen LogP contribution >= 0.6 is 11.6 Å².